The minimum absolute atomic E-state index is 0.0463. The van der Waals surface area contributed by atoms with Gasteiger partial charge in [0.05, 0.1) is 5.92 Å². The Morgan fingerprint density at radius 2 is 1.29 bits per heavy atom. The fourth-order valence-electron chi connectivity index (χ4n) is 4.36. The van der Waals surface area contributed by atoms with Gasteiger partial charge in [-0.15, -0.1) is 0 Å². The van der Waals surface area contributed by atoms with E-state index in [1.807, 2.05) is 42.5 Å². The van der Waals surface area contributed by atoms with Crippen LogP contribution in [-0.2, 0) is 25.6 Å². The number of carboxylic acid groups (broad SMARTS) is 1. The first-order valence-corrected chi connectivity index (χ1v) is 14.4. The molecule has 16 heteroatoms. The van der Waals surface area contributed by atoms with E-state index in [1.165, 1.54) is 0 Å². The molecular formula is C32H37F3N8O5. The van der Waals surface area contributed by atoms with Crippen LogP contribution in [0.4, 0.5) is 13.2 Å². The number of primary amides is 1. The van der Waals surface area contributed by atoms with E-state index >= 15 is 0 Å². The summed E-state index contributed by atoms with van der Waals surface area (Å²) in [5.74, 6) is -5.30. The Morgan fingerprint density at radius 1 is 0.771 bits per heavy atom. The number of nitrogen functional groups attached to an aromatic ring is 1. The second-order valence-corrected chi connectivity index (χ2v) is 10.4. The predicted octanol–water partition coefficient (Wildman–Crippen LogP) is 2.02. The van der Waals surface area contributed by atoms with Crippen LogP contribution in [0.1, 0.15) is 47.1 Å². The molecule has 0 bridgehead atoms. The molecule has 0 aliphatic rings. The highest BCUT2D eigenvalue weighted by Crippen LogP contribution is 2.24. The number of alkyl halides is 3. The van der Waals surface area contributed by atoms with Crippen molar-refractivity contribution in [3.63, 3.8) is 0 Å². The van der Waals surface area contributed by atoms with E-state index in [2.05, 4.69) is 16.0 Å². The average molecular weight is 671 g/mol. The highest BCUT2D eigenvalue weighted by atomic mass is 19.4. The molecule has 3 rings (SSSR count). The van der Waals surface area contributed by atoms with Crippen LogP contribution >= 0.6 is 0 Å². The highest BCUT2D eigenvalue weighted by molar-refractivity contribution is 5.95. The van der Waals surface area contributed by atoms with E-state index in [-0.39, 0.29) is 24.1 Å². The quantitative estimate of drug-likeness (QED) is 0.0695. The maximum atomic E-state index is 13.8. The summed E-state index contributed by atoms with van der Waals surface area (Å²) in [6.07, 6.45) is -4.10. The molecule has 3 amide bonds. The van der Waals surface area contributed by atoms with Crippen molar-refractivity contribution in [1.29, 1.82) is 10.8 Å². The van der Waals surface area contributed by atoms with Gasteiger partial charge in [-0.3, -0.25) is 25.2 Å². The van der Waals surface area contributed by atoms with Crippen molar-refractivity contribution in [2.45, 2.75) is 43.4 Å². The van der Waals surface area contributed by atoms with Crippen LogP contribution in [0.25, 0.3) is 0 Å². The van der Waals surface area contributed by atoms with Crippen LogP contribution in [0.15, 0.2) is 84.9 Å². The first kappa shape index (κ1) is 38.3. The first-order chi connectivity index (χ1) is 22.6. The molecule has 0 aromatic heterocycles. The first-order valence-electron chi connectivity index (χ1n) is 14.4. The Labute approximate surface area is 274 Å². The number of amides is 3. The summed E-state index contributed by atoms with van der Waals surface area (Å²) in [7, 11) is 0. The lowest BCUT2D eigenvalue weighted by Gasteiger charge is -2.25. The number of hydrogen-bond donors (Lipinski definition) is 9. The van der Waals surface area contributed by atoms with E-state index in [9.17, 15) is 27.6 Å². The van der Waals surface area contributed by atoms with Crippen LogP contribution in [0, 0.1) is 10.8 Å². The van der Waals surface area contributed by atoms with Crippen molar-refractivity contribution in [1.82, 2.24) is 16.0 Å². The molecule has 0 aliphatic carbocycles. The second kappa shape index (κ2) is 18.3. The maximum absolute atomic E-state index is 13.8. The van der Waals surface area contributed by atoms with Crippen LogP contribution in [0.5, 0.6) is 0 Å². The summed E-state index contributed by atoms with van der Waals surface area (Å²) in [4.78, 5) is 48.4. The number of carboxylic acids is 1. The Hall–Kier alpha value is -5.93. The number of aliphatic carboxylic acids is 1. The van der Waals surface area contributed by atoms with Gasteiger partial charge in [-0.2, -0.15) is 13.2 Å². The van der Waals surface area contributed by atoms with E-state index in [0.717, 1.165) is 11.1 Å². The Balaban J connectivity index is 0.00000103. The van der Waals surface area contributed by atoms with Crippen LogP contribution in [0.2, 0.25) is 0 Å². The normalized spacial score (nSPS) is 12.6. The summed E-state index contributed by atoms with van der Waals surface area (Å²) >= 11 is 0. The molecular weight excluding hydrogens is 633 g/mol. The van der Waals surface area contributed by atoms with Crippen LogP contribution in [-0.4, -0.2) is 59.4 Å². The minimum atomic E-state index is -5.08. The molecule has 12 N–H and O–H groups in total. The van der Waals surface area contributed by atoms with Crippen molar-refractivity contribution in [2.75, 3.05) is 6.54 Å². The topological polar surface area (TPSA) is 250 Å². The fraction of sp³-hybridized carbons (Fsp3) is 0.250. The number of amidine groups is 1. The average Bonchev–Trinajstić information content (AvgIpc) is 3.04. The molecule has 13 nitrogen and oxygen atoms in total. The molecule has 0 saturated carbocycles. The SMILES string of the molecule is N=C(N)NCCCC(NC(=O)[C@@H](NC(=O)[C@@H](Cc1ccc(C(=N)N)cc1)c1ccccc1)c1ccccc1)C(N)=O.O=C(O)C(F)(F)F. The smallest absolute Gasteiger partial charge is 0.475 e. The highest BCUT2D eigenvalue weighted by Gasteiger charge is 2.38. The number of guanidine groups is 1. The molecule has 3 atom stereocenters. The summed E-state index contributed by atoms with van der Waals surface area (Å²) in [5, 5.41) is 30.2. The molecule has 1 unspecified atom stereocenters. The summed E-state index contributed by atoms with van der Waals surface area (Å²) in [6.45, 7) is 0.333. The lowest BCUT2D eigenvalue weighted by Crippen LogP contribution is -2.50. The molecule has 0 saturated heterocycles. The third-order valence-corrected chi connectivity index (χ3v) is 6.79. The maximum Gasteiger partial charge on any atom is 0.490 e. The van der Waals surface area contributed by atoms with Gasteiger partial charge in [-0.25, -0.2) is 4.79 Å². The molecule has 0 spiro atoms. The van der Waals surface area contributed by atoms with Gasteiger partial charge in [0.2, 0.25) is 17.7 Å². The fourth-order valence-corrected chi connectivity index (χ4v) is 4.36. The van der Waals surface area contributed by atoms with Gasteiger partial charge in [-0.05, 0) is 36.0 Å². The molecule has 3 aromatic rings. The summed E-state index contributed by atoms with van der Waals surface area (Å²) in [5.41, 5.74) is 19.2. The number of halogens is 3. The third-order valence-electron chi connectivity index (χ3n) is 6.79. The Morgan fingerprint density at radius 3 is 1.75 bits per heavy atom. The van der Waals surface area contributed by atoms with Gasteiger partial charge in [0.1, 0.15) is 17.9 Å². The standard InChI is InChI=1S/C30H36N8O3.C2HF3O2/c31-26(32)22-15-13-19(14-16-22)18-23(20-8-3-1-4-9-20)28(40)38-25(21-10-5-2-6-11-21)29(41)37-24(27(33)39)12-7-17-36-30(34)35;3-2(4,5)1(6)7/h1-6,8-11,13-16,23-25H,7,12,17-18H2,(H3,31,32)(H2,33,39)(H,37,41)(H,38,40)(H4,34,35,36);(H,6,7)/t23-,24?,25-;/m0./s1. The minimum Gasteiger partial charge on any atom is -0.475 e. The number of nitrogens with two attached hydrogens (primary N) is 3. The van der Waals surface area contributed by atoms with Crippen LogP contribution in [0.3, 0.4) is 0 Å². The summed E-state index contributed by atoms with van der Waals surface area (Å²) < 4.78 is 31.7. The van der Waals surface area contributed by atoms with Gasteiger partial charge in [0.25, 0.3) is 0 Å². The van der Waals surface area contributed by atoms with Gasteiger partial charge < -0.3 is 38.3 Å². The molecule has 0 radical (unpaired) electrons. The largest absolute Gasteiger partial charge is 0.490 e. The van der Waals surface area contributed by atoms with E-state index in [0.29, 0.717) is 30.5 Å². The number of carbonyl (C=O) groups excluding carboxylic acids is 3. The molecule has 256 valence electrons. The molecule has 48 heavy (non-hydrogen) atoms. The number of benzene rings is 3. The third kappa shape index (κ3) is 12.8. The lowest BCUT2D eigenvalue weighted by molar-refractivity contribution is -0.192. The number of nitrogens with one attached hydrogen (secondary N) is 5. The van der Waals surface area contributed by atoms with E-state index in [4.69, 9.17) is 37.9 Å². The number of rotatable bonds is 14. The second-order valence-electron chi connectivity index (χ2n) is 10.4. The monoisotopic (exact) mass is 670 g/mol. The number of hydrogen-bond acceptors (Lipinski definition) is 6. The van der Waals surface area contributed by atoms with Gasteiger partial charge in [-0.1, -0.05) is 84.9 Å². The predicted molar refractivity (Wildman–Crippen MR) is 172 cm³/mol. The molecule has 0 heterocycles. The summed E-state index contributed by atoms with van der Waals surface area (Å²) in [6, 6.07) is 23.0. The van der Waals surface area contributed by atoms with Gasteiger partial charge in [0.15, 0.2) is 5.96 Å². The zero-order chi connectivity index (χ0) is 35.9. The zero-order valence-corrected chi connectivity index (χ0v) is 25.6. The van der Waals surface area contributed by atoms with Crippen molar-refractivity contribution in [3.05, 3.63) is 107 Å². The van der Waals surface area contributed by atoms with Gasteiger partial charge >= 0.3 is 12.1 Å². The molecule has 3 aromatic carbocycles. The zero-order valence-electron chi connectivity index (χ0n) is 25.6. The van der Waals surface area contributed by atoms with Crippen molar-refractivity contribution < 1.29 is 37.5 Å². The van der Waals surface area contributed by atoms with Crippen molar-refractivity contribution >= 4 is 35.5 Å². The molecule has 0 aliphatic heterocycles. The van der Waals surface area contributed by atoms with E-state index < -0.39 is 42.0 Å². The van der Waals surface area contributed by atoms with Gasteiger partial charge in [0, 0.05) is 12.1 Å². The van der Waals surface area contributed by atoms with Crippen LogP contribution < -0.4 is 33.2 Å². The Kier molecular flexibility index (Phi) is 14.6. The molecule has 0 fully saturated rings. The van der Waals surface area contributed by atoms with Crippen molar-refractivity contribution in [3.8, 4) is 0 Å². The Bertz CT molecular complexity index is 1560. The lowest BCUT2D eigenvalue weighted by atomic mass is 9.90. The number of carbonyl (C=O) groups is 4. The van der Waals surface area contributed by atoms with Crippen molar-refractivity contribution in [2.24, 2.45) is 17.2 Å². The van der Waals surface area contributed by atoms with E-state index in [1.54, 1.807) is 42.5 Å².